The molecule has 0 radical (unpaired) electrons. The normalized spacial score (nSPS) is 28.3. The number of carbonyl (C=O) groups is 1. The van der Waals surface area contributed by atoms with Crippen molar-refractivity contribution >= 4 is 11.7 Å². The van der Waals surface area contributed by atoms with Crippen LogP contribution < -0.4 is 10.6 Å². The third kappa shape index (κ3) is 2.37. The van der Waals surface area contributed by atoms with Crippen LogP contribution >= 0.6 is 0 Å². The van der Waals surface area contributed by atoms with Crippen LogP contribution in [0.3, 0.4) is 0 Å². The molecule has 1 atom stereocenters. The van der Waals surface area contributed by atoms with Crippen LogP contribution in [-0.2, 0) is 0 Å². The Morgan fingerprint density at radius 1 is 1.57 bits per heavy atom. The Balaban J connectivity index is 1.78. The van der Waals surface area contributed by atoms with E-state index in [-0.39, 0.29) is 11.4 Å². The quantitative estimate of drug-likeness (QED) is 0.817. The van der Waals surface area contributed by atoms with Crippen LogP contribution in [0.5, 0.6) is 0 Å². The van der Waals surface area contributed by atoms with E-state index in [1.807, 2.05) is 13.8 Å². The smallest absolute Gasteiger partial charge is 0.256 e. The Bertz CT molecular complexity index is 602. The van der Waals surface area contributed by atoms with E-state index in [1.54, 1.807) is 18.3 Å². The molecule has 4 heteroatoms. The summed E-state index contributed by atoms with van der Waals surface area (Å²) in [7, 11) is 0. The first kappa shape index (κ1) is 13.9. The number of carbonyl (C=O) groups excluding carboxylic acids is 1. The minimum absolute atomic E-state index is 0.167. The standard InChI is InChI=1S/C17H21N3O/c1-4-16(3,5-2)20-15(21)13-7-6-8-18-14(13)19-17-9-12(10-17)11-17/h1,6-8,12H,5,9-11H2,2-3H3,(H,18,19)(H,20,21). The number of amides is 1. The summed E-state index contributed by atoms with van der Waals surface area (Å²) in [5, 5.41) is 6.40. The molecule has 0 spiro atoms. The number of pyridine rings is 1. The number of nitrogens with one attached hydrogen (secondary N) is 2. The van der Waals surface area contributed by atoms with Crippen LogP contribution in [0.1, 0.15) is 49.9 Å². The van der Waals surface area contributed by atoms with Gasteiger partial charge < -0.3 is 10.6 Å². The fourth-order valence-corrected chi connectivity index (χ4v) is 3.12. The molecule has 1 aromatic heterocycles. The summed E-state index contributed by atoms with van der Waals surface area (Å²) in [5.74, 6) is 4.03. The predicted octanol–water partition coefficient (Wildman–Crippen LogP) is 2.58. The fourth-order valence-electron chi connectivity index (χ4n) is 3.12. The number of nitrogens with zero attached hydrogens (tertiary/aromatic N) is 1. The molecule has 3 aliphatic carbocycles. The maximum atomic E-state index is 12.5. The second kappa shape index (κ2) is 4.77. The Kier molecular flexibility index (Phi) is 3.16. The molecule has 0 aromatic carbocycles. The lowest BCUT2D eigenvalue weighted by molar-refractivity contribution is 0.00176. The second-order valence-electron chi connectivity index (χ2n) is 6.57. The molecule has 2 bridgehead atoms. The summed E-state index contributed by atoms with van der Waals surface area (Å²) >= 11 is 0. The van der Waals surface area contributed by atoms with Crippen molar-refractivity contribution in [3.05, 3.63) is 23.9 Å². The van der Waals surface area contributed by atoms with E-state index in [9.17, 15) is 4.79 Å². The van der Waals surface area contributed by atoms with Crippen molar-refractivity contribution in [2.75, 3.05) is 5.32 Å². The first-order valence-electron chi connectivity index (χ1n) is 7.53. The van der Waals surface area contributed by atoms with Crippen LogP contribution in [0.4, 0.5) is 5.82 Å². The van der Waals surface area contributed by atoms with E-state index in [2.05, 4.69) is 21.5 Å². The van der Waals surface area contributed by atoms with Gasteiger partial charge in [-0.15, -0.1) is 6.42 Å². The Morgan fingerprint density at radius 2 is 2.29 bits per heavy atom. The van der Waals surface area contributed by atoms with Gasteiger partial charge >= 0.3 is 0 Å². The minimum Gasteiger partial charge on any atom is -0.364 e. The van der Waals surface area contributed by atoms with Crippen molar-refractivity contribution in [2.24, 2.45) is 5.92 Å². The lowest BCUT2D eigenvalue weighted by atomic mass is 9.50. The minimum atomic E-state index is -0.624. The SMILES string of the molecule is C#CC(C)(CC)NC(=O)c1cccnc1NC12CC(C1)C2. The third-order valence-corrected chi connectivity index (χ3v) is 4.89. The molecular weight excluding hydrogens is 262 g/mol. The zero-order chi connectivity index (χ0) is 15.1. The maximum absolute atomic E-state index is 12.5. The Labute approximate surface area is 125 Å². The van der Waals surface area contributed by atoms with Gasteiger partial charge in [0, 0.05) is 11.7 Å². The van der Waals surface area contributed by atoms with Gasteiger partial charge in [-0.1, -0.05) is 12.8 Å². The van der Waals surface area contributed by atoms with E-state index >= 15 is 0 Å². The lowest BCUT2D eigenvalue weighted by Gasteiger charge is -2.62. The number of terminal acetylenes is 1. The van der Waals surface area contributed by atoms with Gasteiger partial charge in [0.15, 0.2) is 0 Å². The van der Waals surface area contributed by atoms with Crippen molar-refractivity contribution in [3.8, 4) is 12.3 Å². The first-order valence-corrected chi connectivity index (χ1v) is 7.53. The Hall–Kier alpha value is -2.02. The number of rotatable bonds is 5. The lowest BCUT2D eigenvalue weighted by Crippen LogP contribution is -2.63. The summed E-state index contributed by atoms with van der Waals surface area (Å²) in [4.78, 5) is 16.9. The van der Waals surface area contributed by atoms with Crippen LogP contribution in [0, 0.1) is 18.3 Å². The van der Waals surface area contributed by atoms with Crippen molar-refractivity contribution in [1.29, 1.82) is 0 Å². The highest BCUT2D eigenvalue weighted by Crippen LogP contribution is 2.58. The topological polar surface area (TPSA) is 54.0 Å². The van der Waals surface area contributed by atoms with E-state index < -0.39 is 5.54 Å². The zero-order valence-corrected chi connectivity index (χ0v) is 12.6. The summed E-state index contributed by atoms with van der Waals surface area (Å²) in [6.45, 7) is 3.82. The molecular formula is C17H21N3O. The van der Waals surface area contributed by atoms with Gasteiger partial charge in [-0.25, -0.2) is 4.98 Å². The van der Waals surface area contributed by atoms with Gasteiger partial charge in [0.25, 0.3) is 5.91 Å². The highest BCUT2D eigenvalue weighted by atomic mass is 16.1. The molecule has 1 unspecified atom stereocenters. The van der Waals surface area contributed by atoms with Crippen LogP contribution in [-0.4, -0.2) is 22.0 Å². The largest absolute Gasteiger partial charge is 0.364 e. The second-order valence-corrected chi connectivity index (χ2v) is 6.57. The molecule has 110 valence electrons. The molecule has 0 saturated heterocycles. The van der Waals surface area contributed by atoms with Crippen molar-refractivity contribution in [1.82, 2.24) is 10.3 Å². The van der Waals surface area contributed by atoms with Gasteiger partial charge in [0.2, 0.25) is 0 Å². The summed E-state index contributed by atoms with van der Waals surface area (Å²) in [5.41, 5.74) is 0.131. The zero-order valence-electron chi connectivity index (χ0n) is 12.6. The van der Waals surface area contributed by atoms with Crippen molar-refractivity contribution < 1.29 is 4.79 Å². The van der Waals surface area contributed by atoms with Crippen LogP contribution in [0.15, 0.2) is 18.3 Å². The van der Waals surface area contributed by atoms with E-state index in [4.69, 9.17) is 6.42 Å². The van der Waals surface area contributed by atoms with E-state index in [0.29, 0.717) is 17.8 Å². The van der Waals surface area contributed by atoms with Gasteiger partial charge in [-0.05, 0) is 50.7 Å². The van der Waals surface area contributed by atoms with Crippen molar-refractivity contribution in [2.45, 2.75) is 50.6 Å². The summed E-state index contributed by atoms with van der Waals surface area (Å²) in [6.07, 6.45) is 11.5. The number of anilines is 1. The summed E-state index contributed by atoms with van der Waals surface area (Å²) < 4.78 is 0. The molecule has 1 aromatic rings. The molecule has 3 saturated carbocycles. The highest BCUT2D eigenvalue weighted by Gasteiger charge is 2.57. The monoisotopic (exact) mass is 283 g/mol. The number of hydrogen-bond acceptors (Lipinski definition) is 3. The van der Waals surface area contributed by atoms with Crippen LogP contribution in [0.25, 0.3) is 0 Å². The molecule has 1 amide bonds. The third-order valence-electron chi connectivity index (χ3n) is 4.89. The highest BCUT2D eigenvalue weighted by molar-refractivity contribution is 5.99. The summed E-state index contributed by atoms with van der Waals surface area (Å²) in [6, 6.07) is 3.57. The molecule has 4 rings (SSSR count). The average Bonchev–Trinajstić information content (AvgIpc) is 2.41. The van der Waals surface area contributed by atoms with Gasteiger partial charge in [-0.3, -0.25) is 4.79 Å². The molecule has 2 N–H and O–H groups in total. The molecule has 21 heavy (non-hydrogen) atoms. The van der Waals surface area contributed by atoms with Crippen LogP contribution in [0.2, 0.25) is 0 Å². The number of hydrogen-bond donors (Lipinski definition) is 2. The maximum Gasteiger partial charge on any atom is 0.256 e. The molecule has 3 aliphatic rings. The van der Waals surface area contributed by atoms with E-state index in [0.717, 1.165) is 5.92 Å². The predicted molar refractivity (Wildman–Crippen MR) is 82.9 cm³/mol. The van der Waals surface area contributed by atoms with Gasteiger partial charge in [0.05, 0.1) is 11.1 Å². The first-order chi connectivity index (χ1) is 9.99. The average molecular weight is 283 g/mol. The van der Waals surface area contributed by atoms with Crippen molar-refractivity contribution in [3.63, 3.8) is 0 Å². The molecule has 3 fully saturated rings. The number of aromatic nitrogens is 1. The van der Waals surface area contributed by atoms with Gasteiger partial charge in [0.1, 0.15) is 5.82 Å². The van der Waals surface area contributed by atoms with E-state index in [1.165, 1.54) is 19.3 Å². The molecule has 0 aliphatic heterocycles. The van der Waals surface area contributed by atoms with Gasteiger partial charge in [-0.2, -0.15) is 0 Å². The molecule has 4 nitrogen and oxygen atoms in total. The molecule has 1 heterocycles. The Morgan fingerprint density at radius 3 is 2.81 bits per heavy atom. The fraction of sp³-hybridized carbons (Fsp3) is 0.529.